The van der Waals surface area contributed by atoms with Gasteiger partial charge in [0.1, 0.15) is 0 Å². The van der Waals surface area contributed by atoms with Gasteiger partial charge in [0.05, 0.1) is 23.1 Å². The summed E-state index contributed by atoms with van der Waals surface area (Å²) in [6, 6.07) is 5.41. The smallest absolute Gasteiger partial charge is 0.372 e. The van der Waals surface area contributed by atoms with Crippen LogP contribution in [0.25, 0.3) is 0 Å². The highest BCUT2D eigenvalue weighted by atomic mass is 19.4. The number of alkyl halides is 3. The predicted molar refractivity (Wildman–Crippen MR) is 104 cm³/mol. The van der Waals surface area contributed by atoms with Gasteiger partial charge in [0.2, 0.25) is 11.8 Å². The zero-order chi connectivity index (χ0) is 22.1. The second kappa shape index (κ2) is 8.54. The molecule has 0 radical (unpaired) electrons. The topological polar surface area (TPSA) is 76.4 Å². The Labute approximate surface area is 173 Å². The fraction of sp³-hybridized carbons (Fsp3) is 0.571. The number of amides is 2. The molecule has 6 nitrogen and oxygen atoms in total. The van der Waals surface area contributed by atoms with Gasteiger partial charge in [0, 0.05) is 45.8 Å². The van der Waals surface area contributed by atoms with Crippen LogP contribution in [0.3, 0.4) is 0 Å². The van der Waals surface area contributed by atoms with Gasteiger partial charge in [-0.2, -0.15) is 18.4 Å². The van der Waals surface area contributed by atoms with Crippen LogP contribution in [0.4, 0.5) is 18.9 Å². The number of carbonyl (C=O) groups is 2. The van der Waals surface area contributed by atoms with Crippen LogP contribution in [-0.4, -0.2) is 49.9 Å². The zero-order valence-electron chi connectivity index (χ0n) is 17.0. The highest BCUT2D eigenvalue weighted by molar-refractivity contribution is 5.81. The highest BCUT2D eigenvalue weighted by Gasteiger charge is 2.43. The molecule has 1 aromatic carbocycles. The van der Waals surface area contributed by atoms with Gasteiger partial charge in [-0.1, -0.05) is 0 Å². The maximum atomic E-state index is 13.3. The molecule has 0 aliphatic carbocycles. The van der Waals surface area contributed by atoms with Gasteiger partial charge in [0.25, 0.3) is 0 Å². The standard InChI is InChI=1S/C21H25F3N4O2/c1-13(29)28-11-17(18(12-28)20(30)26-2)14-5-7-27(8-6-14)16-4-3-15(10-25)19(9-16)21(22,23)24/h3-4,9,14,17-18H,5-8,11-12H2,1-2H3,(H,26,30)/t17-,18+/m0/s1. The molecule has 0 bridgehead atoms. The summed E-state index contributed by atoms with van der Waals surface area (Å²) >= 11 is 0. The van der Waals surface area contributed by atoms with E-state index in [0.717, 1.165) is 18.9 Å². The largest absolute Gasteiger partial charge is 0.417 e. The number of hydrogen-bond acceptors (Lipinski definition) is 4. The van der Waals surface area contributed by atoms with Crippen molar-refractivity contribution in [3.05, 3.63) is 29.3 Å². The number of halogens is 3. The Hall–Kier alpha value is -2.76. The molecule has 2 aliphatic rings. The predicted octanol–water partition coefficient (Wildman–Crippen LogP) is 2.63. The quantitative estimate of drug-likeness (QED) is 0.813. The van der Waals surface area contributed by atoms with Crippen molar-refractivity contribution < 1.29 is 22.8 Å². The molecule has 0 unspecified atom stereocenters. The van der Waals surface area contributed by atoms with Crippen molar-refractivity contribution in [2.75, 3.05) is 38.1 Å². The molecule has 1 aromatic rings. The number of likely N-dealkylation sites (tertiary alicyclic amines) is 1. The van der Waals surface area contributed by atoms with Crippen LogP contribution in [0, 0.1) is 29.1 Å². The first-order chi connectivity index (χ1) is 14.2. The number of nitriles is 1. The zero-order valence-corrected chi connectivity index (χ0v) is 17.0. The average Bonchev–Trinajstić information content (AvgIpc) is 3.18. The summed E-state index contributed by atoms with van der Waals surface area (Å²) in [5.74, 6) is -0.132. The van der Waals surface area contributed by atoms with Crippen molar-refractivity contribution in [2.24, 2.45) is 17.8 Å². The Bertz CT molecular complexity index is 857. The number of carbonyl (C=O) groups excluding carboxylic acids is 2. The van der Waals surface area contributed by atoms with E-state index in [-0.39, 0.29) is 35.1 Å². The molecule has 2 aliphatic heterocycles. The van der Waals surface area contributed by atoms with Crippen LogP contribution in [0.15, 0.2) is 18.2 Å². The molecule has 3 rings (SSSR count). The molecular formula is C21H25F3N4O2. The lowest BCUT2D eigenvalue weighted by atomic mass is 9.78. The Morgan fingerprint density at radius 3 is 2.40 bits per heavy atom. The maximum Gasteiger partial charge on any atom is 0.417 e. The Morgan fingerprint density at radius 2 is 1.87 bits per heavy atom. The summed E-state index contributed by atoms with van der Waals surface area (Å²) in [6.45, 7) is 3.56. The number of rotatable bonds is 3. The number of benzene rings is 1. The number of piperidine rings is 1. The molecule has 9 heteroatoms. The first kappa shape index (κ1) is 21.9. The van der Waals surface area contributed by atoms with Crippen LogP contribution in [0.2, 0.25) is 0 Å². The number of hydrogen-bond donors (Lipinski definition) is 1. The molecular weight excluding hydrogens is 397 g/mol. The highest BCUT2D eigenvalue weighted by Crippen LogP contribution is 2.38. The second-order valence-corrected chi connectivity index (χ2v) is 7.97. The van der Waals surface area contributed by atoms with Crippen LogP contribution < -0.4 is 10.2 Å². The number of anilines is 1. The summed E-state index contributed by atoms with van der Waals surface area (Å²) in [6.07, 6.45) is -3.13. The van der Waals surface area contributed by atoms with Gasteiger partial charge >= 0.3 is 6.18 Å². The van der Waals surface area contributed by atoms with E-state index in [4.69, 9.17) is 5.26 Å². The summed E-state index contributed by atoms with van der Waals surface area (Å²) < 4.78 is 39.8. The summed E-state index contributed by atoms with van der Waals surface area (Å²) in [7, 11) is 1.58. The molecule has 2 fully saturated rings. The Kier molecular flexibility index (Phi) is 6.25. The summed E-state index contributed by atoms with van der Waals surface area (Å²) in [5.41, 5.74) is -0.860. The lowest BCUT2D eigenvalue weighted by Gasteiger charge is -2.37. The minimum Gasteiger partial charge on any atom is -0.372 e. The SMILES string of the molecule is CNC(=O)[C@@H]1CN(C(C)=O)C[C@H]1C1CCN(c2ccc(C#N)c(C(F)(F)F)c2)CC1. The molecule has 30 heavy (non-hydrogen) atoms. The normalized spacial score (nSPS) is 22.7. The van der Waals surface area contributed by atoms with Crippen molar-refractivity contribution in [2.45, 2.75) is 25.9 Å². The van der Waals surface area contributed by atoms with E-state index in [1.54, 1.807) is 24.1 Å². The minimum absolute atomic E-state index is 0.0442. The first-order valence-corrected chi connectivity index (χ1v) is 9.99. The lowest BCUT2D eigenvalue weighted by Crippen LogP contribution is -2.41. The summed E-state index contributed by atoms with van der Waals surface area (Å²) in [5, 5.41) is 11.6. The van der Waals surface area contributed by atoms with E-state index in [1.165, 1.54) is 13.0 Å². The number of nitrogens with one attached hydrogen (secondary N) is 1. The third-order valence-corrected chi connectivity index (χ3v) is 6.33. The van der Waals surface area contributed by atoms with Gasteiger partial charge in [0.15, 0.2) is 0 Å². The third kappa shape index (κ3) is 4.37. The van der Waals surface area contributed by atoms with Crippen LogP contribution in [0.1, 0.15) is 30.9 Å². The van der Waals surface area contributed by atoms with Gasteiger partial charge in [-0.05, 0) is 42.9 Å². The minimum atomic E-state index is -4.58. The van der Waals surface area contributed by atoms with E-state index >= 15 is 0 Å². The van der Waals surface area contributed by atoms with E-state index in [2.05, 4.69) is 5.32 Å². The molecule has 2 heterocycles. The molecule has 0 saturated carbocycles. The van der Waals surface area contributed by atoms with E-state index in [1.807, 2.05) is 4.90 Å². The van der Waals surface area contributed by atoms with E-state index in [0.29, 0.717) is 31.9 Å². The van der Waals surface area contributed by atoms with Crippen LogP contribution in [0.5, 0.6) is 0 Å². The van der Waals surface area contributed by atoms with Crippen molar-refractivity contribution in [1.82, 2.24) is 10.2 Å². The van der Waals surface area contributed by atoms with E-state index in [9.17, 15) is 22.8 Å². The average molecular weight is 422 g/mol. The fourth-order valence-corrected chi connectivity index (χ4v) is 4.67. The van der Waals surface area contributed by atoms with Gasteiger partial charge < -0.3 is 15.1 Å². The molecule has 2 amide bonds. The summed E-state index contributed by atoms with van der Waals surface area (Å²) in [4.78, 5) is 27.7. The van der Waals surface area contributed by atoms with Gasteiger partial charge in [-0.3, -0.25) is 9.59 Å². The molecule has 0 aromatic heterocycles. The third-order valence-electron chi connectivity index (χ3n) is 6.33. The molecule has 2 atom stereocenters. The first-order valence-electron chi connectivity index (χ1n) is 9.99. The van der Waals surface area contributed by atoms with Crippen molar-refractivity contribution >= 4 is 17.5 Å². The fourth-order valence-electron chi connectivity index (χ4n) is 4.67. The molecule has 1 N–H and O–H groups in total. The number of nitrogens with zero attached hydrogens (tertiary/aromatic N) is 3. The van der Waals surface area contributed by atoms with E-state index < -0.39 is 11.7 Å². The monoisotopic (exact) mass is 422 g/mol. The van der Waals surface area contributed by atoms with Crippen molar-refractivity contribution in [1.29, 1.82) is 5.26 Å². The van der Waals surface area contributed by atoms with Crippen molar-refractivity contribution in [3.63, 3.8) is 0 Å². The molecule has 162 valence electrons. The Balaban J connectivity index is 1.72. The molecule has 0 spiro atoms. The second-order valence-electron chi connectivity index (χ2n) is 7.97. The van der Waals surface area contributed by atoms with Gasteiger partial charge in [-0.25, -0.2) is 0 Å². The van der Waals surface area contributed by atoms with Gasteiger partial charge in [-0.15, -0.1) is 0 Å². The van der Waals surface area contributed by atoms with Crippen LogP contribution >= 0.6 is 0 Å². The maximum absolute atomic E-state index is 13.3. The van der Waals surface area contributed by atoms with Crippen molar-refractivity contribution in [3.8, 4) is 6.07 Å². The Morgan fingerprint density at radius 1 is 1.20 bits per heavy atom. The molecule has 2 saturated heterocycles. The lowest BCUT2D eigenvalue weighted by molar-refractivity contribution is -0.137. The van der Waals surface area contributed by atoms with Crippen LogP contribution in [-0.2, 0) is 15.8 Å².